The van der Waals surface area contributed by atoms with E-state index in [0.717, 1.165) is 0 Å². The molecule has 0 unspecified atom stereocenters. The van der Waals surface area contributed by atoms with Gasteiger partial charge in [-0.1, -0.05) is 0 Å². The van der Waals surface area contributed by atoms with E-state index in [1.165, 1.54) is 18.3 Å². The fourth-order valence-corrected chi connectivity index (χ4v) is 2.40. The van der Waals surface area contributed by atoms with E-state index >= 15 is 0 Å². The van der Waals surface area contributed by atoms with Gasteiger partial charge < -0.3 is 10.1 Å². The fraction of sp³-hybridized carbons (Fsp3) is 0.588. The maximum atomic E-state index is 13.1. The monoisotopic (exact) mass is 371 g/mol. The van der Waals surface area contributed by atoms with E-state index in [1.54, 1.807) is 48.5 Å². The molecule has 0 aromatic carbocycles. The largest absolute Gasteiger partial charge is 0.444 e. The van der Waals surface area contributed by atoms with Crippen molar-refractivity contribution in [2.24, 2.45) is 4.40 Å². The number of hydrogen-bond acceptors (Lipinski definition) is 4. The molecule has 1 amide bonds. The smallest absolute Gasteiger partial charge is 0.408 e. The molecular weight excluding hydrogens is 345 g/mol. The van der Waals surface area contributed by atoms with Crippen molar-refractivity contribution in [2.45, 2.75) is 64.9 Å². The lowest BCUT2D eigenvalue weighted by Crippen LogP contribution is -2.42. The summed E-state index contributed by atoms with van der Waals surface area (Å²) in [5, 5.41) is 2.66. The number of pyridine rings is 1. The first kappa shape index (κ1) is 21.2. The van der Waals surface area contributed by atoms with Crippen molar-refractivity contribution in [3.05, 3.63) is 29.8 Å². The molecule has 8 heteroatoms. The molecule has 0 radical (unpaired) electrons. The first-order chi connectivity index (χ1) is 11.3. The van der Waals surface area contributed by atoms with Crippen LogP contribution >= 0.6 is 0 Å². The molecule has 0 aliphatic heterocycles. The van der Waals surface area contributed by atoms with Crippen LogP contribution in [0, 0.1) is 5.95 Å². The molecule has 2 atom stereocenters. The molecule has 1 aromatic heterocycles. The van der Waals surface area contributed by atoms with Gasteiger partial charge in [-0.25, -0.2) is 14.0 Å². The summed E-state index contributed by atoms with van der Waals surface area (Å²) in [7, 11) is -1.55. The van der Waals surface area contributed by atoms with Crippen LogP contribution in [0.5, 0.6) is 0 Å². The second-order valence-corrected chi connectivity index (χ2v) is 9.48. The Bertz CT molecular complexity index is 661. The minimum atomic E-state index is -1.55. The van der Waals surface area contributed by atoms with Crippen LogP contribution in [0.15, 0.2) is 22.7 Å². The lowest BCUT2D eigenvalue weighted by Gasteiger charge is -2.23. The highest BCUT2D eigenvalue weighted by molar-refractivity contribution is 7.85. The van der Waals surface area contributed by atoms with Crippen LogP contribution in [0.3, 0.4) is 0 Å². The maximum absolute atomic E-state index is 13.1. The third-order valence-corrected chi connectivity index (χ3v) is 4.28. The number of nitrogens with one attached hydrogen (secondary N) is 1. The van der Waals surface area contributed by atoms with Gasteiger partial charge in [-0.3, -0.25) is 0 Å². The molecule has 0 saturated heterocycles. The van der Waals surface area contributed by atoms with Crippen molar-refractivity contribution >= 4 is 22.8 Å². The van der Waals surface area contributed by atoms with Gasteiger partial charge in [-0.05, 0) is 60.6 Å². The van der Waals surface area contributed by atoms with E-state index in [-0.39, 0.29) is 0 Å². The van der Waals surface area contributed by atoms with E-state index in [0.29, 0.717) is 11.3 Å². The molecule has 1 rings (SSSR count). The van der Waals surface area contributed by atoms with Crippen LogP contribution in [0.1, 0.15) is 54.0 Å². The lowest BCUT2D eigenvalue weighted by atomic mass is 10.1. The van der Waals surface area contributed by atoms with Crippen LogP contribution in [-0.2, 0) is 15.7 Å². The summed E-state index contributed by atoms with van der Waals surface area (Å²) in [5.74, 6) is -0.632. The normalized spacial score (nSPS) is 15.4. The molecule has 140 valence electrons. The quantitative estimate of drug-likeness (QED) is 0.650. The van der Waals surface area contributed by atoms with Crippen LogP contribution in [0.4, 0.5) is 9.18 Å². The molecule has 25 heavy (non-hydrogen) atoms. The van der Waals surface area contributed by atoms with Gasteiger partial charge in [0.15, 0.2) is 0 Å². The number of carbonyl (C=O) groups excluding carboxylic acids is 1. The summed E-state index contributed by atoms with van der Waals surface area (Å²) in [6, 6.07) is 2.06. The predicted octanol–water partition coefficient (Wildman–Crippen LogP) is 3.39. The highest BCUT2D eigenvalue weighted by Crippen LogP contribution is 2.16. The Kier molecular flexibility index (Phi) is 6.82. The number of halogens is 1. The molecule has 0 saturated carbocycles. The van der Waals surface area contributed by atoms with Crippen molar-refractivity contribution in [1.29, 1.82) is 0 Å². The second kappa shape index (κ2) is 8.03. The minimum absolute atomic E-state index is 0.339. The van der Waals surface area contributed by atoms with Crippen molar-refractivity contribution < 1.29 is 18.1 Å². The van der Waals surface area contributed by atoms with Gasteiger partial charge in [-0.2, -0.15) is 8.79 Å². The summed E-state index contributed by atoms with van der Waals surface area (Å²) in [5.41, 5.74) is 0.168. The average Bonchev–Trinajstić information content (AvgIpc) is 2.42. The van der Waals surface area contributed by atoms with E-state index in [1.807, 2.05) is 0 Å². The number of alkyl carbamates (subject to hydrolysis) is 1. The Balaban J connectivity index is 3.14. The zero-order valence-corrected chi connectivity index (χ0v) is 16.5. The van der Waals surface area contributed by atoms with Crippen molar-refractivity contribution in [2.75, 3.05) is 0 Å². The van der Waals surface area contributed by atoms with E-state index in [4.69, 9.17) is 4.74 Å². The average molecular weight is 371 g/mol. The van der Waals surface area contributed by atoms with E-state index < -0.39 is 39.4 Å². The zero-order valence-electron chi connectivity index (χ0n) is 15.7. The molecular formula is C17H26FN3O3S. The molecule has 1 aromatic rings. The third kappa shape index (κ3) is 7.29. The van der Waals surface area contributed by atoms with Crippen molar-refractivity contribution in [3.8, 4) is 0 Å². The first-order valence-corrected chi connectivity index (χ1v) is 9.02. The summed E-state index contributed by atoms with van der Waals surface area (Å²) < 4.78 is 34.4. The standard InChI is InChI=1S/C17H26FN3O3S/c1-11(20-15(22)24-16(2,3)4)14(21-25(23)17(5,6)7)12-8-9-13(18)19-10-12/h8-11H,1-7H3,(H,20,22)/t11-,25+/m0/s1. The van der Waals surface area contributed by atoms with Gasteiger partial charge >= 0.3 is 6.09 Å². The summed E-state index contributed by atoms with van der Waals surface area (Å²) in [4.78, 5) is 15.6. The molecule has 0 bridgehead atoms. The fourth-order valence-electron chi connectivity index (χ4n) is 1.69. The molecule has 6 nitrogen and oxygen atoms in total. The van der Waals surface area contributed by atoms with Gasteiger partial charge in [-0.15, -0.1) is 0 Å². The van der Waals surface area contributed by atoms with E-state index in [2.05, 4.69) is 14.7 Å². The van der Waals surface area contributed by atoms with Crippen molar-refractivity contribution in [3.63, 3.8) is 0 Å². The van der Waals surface area contributed by atoms with Crippen LogP contribution < -0.4 is 5.32 Å². The second-order valence-electron chi connectivity index (χ2n) is 7.58. The van der Waals surface area contributed by atoms with Gasteiger partial charge in [0.1, 0.15) is 16.6 Å². The van der Waals surface area contributed by atoms with Gasteiger partial charge in [0.05, 0.1) is 16.5 Å². The number of carbonyl (C=O) groups is 1. The predicted molar refractivity (Wildman–Crippen MR) is 97.5 cm³/mol. The Morgan fingerprint density at radius 2 is 1.88 bits per heavy atom. The number of hydrogen-bond donors (Lipinski definition) is 1. The molecule has 1 N–H and O–H groups in total. The summed E-state index contributed by atoms with van der Waals surface area (Å²) >= 11 is 0. The molecule has 0 aliphatic rings. The number of rotatable bonds is 4. The molecule has 1 heterocycles. The van der Waals surface area contributed by atoms with E-state index in [9.17, 15) is 13.4 Å². The van der Waals surface area contributed by atoms with Crippen LogP contribution in [-0.4, -0.2) is 37.4 Å². The van der Waals surface area contributed by atoms with Crippen LogP contribution in [0.2, 0.25) is 0 Å². The number of aromatic nitrogens is 1. The maximum Gasteiger partial charge on any atom is 0.408 e. The highest BCUT2D eigenvalue weighted by Gasteiger charge is 2.25. The highest BCUT2D eigenvalue weighted by atomic mass is 32.2. The van der Waals surface area contributed by atoms with Crippen molar-refractivity contribution in [1.82, 2.24) is 10.3 Å². The SMILES string of the molecule is C[C@H](NC(=O)OC(C)(C)C)C(=N[S@](=O)C(C)(C)C)c1ccc(F)nc1. The minimum Gasteiger partial charge on any atom is -0.444 e. The van der Waals surface area contributed by atoms with Gasteiger partial charge in [0, 0.05) is 11.8 Å². The summed E-state index contributed by atoms with van der Waals surface area (Å²) in [6.07, 6.45) is 0.672. The zero-order chi connectivity index (χ0) is 19.4. The Labute approximate surface area is 150 Å². The van der Waals surface area contributed by atoms with Crippen LogP contribution in [0.25, 0.3) is 0 Å². The Morgan fingerprint density at radius 3 is 2.32 bits per heavy atom. The molecule has 0 spiro atoms. The topological polar surface area (TPSA) is 80.6 Å². The molecule has 0 aliphatic carbocycles. The number of amides is 1. The van der Waals surface area contributed by atoms with Gasteiger partial charge in [0.2, 0.25) is 5.95 Å². The lowest BCUT2D eigenvalue weighted by molar-refractivity contribution is 0.0521. The summed E-state index contributed by atoms with van der Waals surface area (Å²) in [6.45, 7) is 12.3. The Morgan fingerprint density at radius 1 is 1.28 bits per heavy atom. The third-order valence-electron chi connectivity index (χ3n) is 2.87. The number of ether oxygens (including phenoxy) is 1. The Hall–Kier alpha value is -1.83. The first-order valence-electron chi connectivity index (χ1n) is 7.91. The molecule has 0 fully saturated rings. The number of nitrogens with zero attached hydrogens (tertiary/aromatic N) is 2. The van der Waals surface area contributed by atoms with Gasteiger partial charge in [0.25, 0.3) is 0 Å².